The molecule has 0 aliphatic carbocycles. The van der Waals surface area contributed by atoms with Gasteiger partial charge in [0.05, 0.1) is 11.1 Å². The van der Waals surface area contributed by atoms with Crippen molar-refractivity contribution in [1.82, 2.24) is 0 Å². The fraction of sp³-hybridized carbons (Fsp3) is 0. The Balaban J connectivity index is 1.34. The molecule has 9 rings (SSSR count). The van der Waals surface area contributed by atoms with Crippen LogP contribution in [0.2, 0.25) is 0 Å². The Labute approximate surface area is 267 Å². The van der Waals surface area contributed by atoms with Crippen molar-refractivity contribution >= 4 is 60.5 Å². The molecule has 1 aromatic heterocycles. The fourth-order valence-electron chi connectivity index (χ4n) is 6.76. The van der Waals surface area contributed by atoms with Crippen LogP contribution in [0.25, 0.3) is 65.7 Å². The summed E-state index contributed by atoms with van der Waals surface area (Å²) in [4.78, 5) is 2.38. The number of nitrogens with zero attached hydrogens (tertiary/aromatic N) is 1. The van der Waals surface area contributed by atoms with Gasteiger partial charge in [0.15, 0.2) is 0 Å². The first-order chi connectivity index (χ1) is 22.8. The smallest absolute Gasteiger partial charge is 0.145 e. The predicted molar refractivity (Wildman–Crippen MR) is 194 cm³/mol. The van der Waals surface area contributed by atoms with E-state index in [4.69, 9.17) is 4.42 Å². The first-order valence-electron chi connectivity index (χ1n) is 15.7. The van der Waals surface area contributed by atoms with Crippen LogP contribution < -0.4 is 4.90 Å². The largest absolute Gasteiger partial charge is 0.455 e. The molecule has 0 radical (unpaired) electrons. The third kappa shape index (κ3) is 4.43. The van der Waals surface area contributed by atoms with E-state index in [-0.39, 0.29) is 0 Å². The van der Waals surface area contributed by atoms with Crippen molar-refractivity contribution in [1.29, 1.82) is 0 Å². The average molecular weight is 588 g/mol. The van der Waals surface area contributed by atoms with E-state index < -0.39 is 0 Å². The molecule has 9 aromatic rings. The van der Waals surface area contributed by atoms with Gasteiger partial charge in [-0.25, -0.2) is 0 Å². The van der Waals surface area contributed by atoms with Crippen LogP contribution in [0.3, 0.4) is 0 Å². The molecule has 0 spiro atoms. The number of benzene rings is 8. The molecule has 0 aliphatic heterocycles. The number of anilines is 3. The molecule has 1 heterocycles. The highest BCUT2D eigenvalue weighted by molar-refractivity contribution is 6.19. The van der Waals surface area contributed by atoms with Gasteiger partial charge in [0.25, 0.3) is 0 Å². The summed E-state index contributed by atoms with van der Waals surface area (Å²) in [5, 5.41) is 6.98. The van der Waals surface area contributed by atoms with E-state index in [9.17, 15) is 0 Å². The second-order valence-electron chi connectivity index (χ2n) is 11.8. The van der Waals surface area contributed by atoms with E-state index in [1.165, 1.54) is 32.7 Å². The minimum Gasteiger partial charge on any atom is -0.455 e. The molecule has 0 aliphatic rings. The van der Waals surface area contributed by atoms with Gasteiger partial charge in [0.2, 0.25) is 0 Å². The van der Waals surface area contributed by atoms with Crippen LogP contribution in [0.15, 0.2) is 180 Å². The maximum atomic E-state index is 6.83. The summed E-state index contributed by atoms with van der Waals surface area (Å²) in [7, 11) is 0. The predicted octanol–water partition coefficient (Wildman–Crippen LogP) is 12.7. The second-order valence-corrected chi connectivity index (χ2v) is 11.8. The summed E-state index contributed by atoms with van der Waals surface area (Å²) in [5.41, 5.74) is 9.63. The fourth-order valence-corrected chi connectivity index (χ4v) is 6.76. The maximum Gasteiger partial charge on any atom is 0.145 e. The Kier molecular flexibility index (Phi) is 6.17. The zero-order valence-electron chi connectivity index (χ0n) is 25.1. The lowest BCUT2D eigenvalue weighted by Gasteiger charge is -2.27. The molecule has 2 nitrogen and oxygen atoms in total. The SMILES string of the molecule is c1ccc(-c2ccc(N(c3ccc4ccccc4c3)c3ccc(-c4ccccc4)c4oc5cc6ccccc6cc5c34)cc2)cc1. The van der Waals surface area contributed by atoms with Crippen LogP contribution in [0.1, 0.15) is 0 Å². The summed E-state index contributed by atoms with van der Waals surface area (Å²) in [5.74, 6) is 0. The molecule has 8 aromatic carbocycles. The van der Waals surface area contributed by atoms with E-state index in [1.54, 1.807) is 0 Å². The molecular weight excluding hydrogens is 558 g/mol. The monoisotopic (exact) mass is 587 g/mol. The number of hydrogen-bond acceptors (Lipinski definition) is 2. The summed E-state index contributed by atoms with van der Waals surface area (Å²) in [6.45, 7) is 0. The minimum atomic E-state index is 0.885. The highest BCUT2D eigenvalue weighted by atomic mass is 16.3. The Morgan fingerprint density at radius 3 is 1.67 bits per heavy atom. The van der Waals surface area contributed by atoms with Crippen molar-refractivity contribution in [3.05, 3.63) is 176 Å². The van der Waals surface area contributed by atoms with Crippen LogP contribution in [-0.2, 0) is 0 Å². The standard InChI is InChI=1S/C44H29NO/c1-3-11-30(12-4-1)32-19-22-37(23-20-32)45(38-24-21-31-13-7-8-16-34(31)27-38)41-26-25-39(33-14-5-2-6-15-33)44-43(41)40-28-35-17-9-10-18-36(35)29-42(40)46-44/h1-29H. The molecule has 0 fully saturated rings. The van der Waals surface area contributed by atoms with E-state index in [1.807, 2.05) is 0 Å². The molecule has 0 N–H and O–H groups in total. The molecule has 216 valence electrons. The lowest BCUT2D eigenvalue weighted by molar-refractivity contribution is 0.670. The van der Waals surface area contributed by atoms with Gasteiger partial charge in [0.1, 0.15) is 11.2 Å². The summed E-state index contributed by atoms with van der Waals surface area (Å²) < 4.78 is 6.83. The number of rotatable bonds is 5. The Hall–Kier alpha value is -6.12. The van der Waals surface area contributed by atoms with Crippen molar-refractivity contribution in [3.63, 3.8) is 0 Å². The van der Waals surface area contributed by atoms with Gasteiger partial charge >= 0.3 is 0 Å². The van der Waals surface area contributed by atoms with Crippen LogP contribution >= 0.6 is 0 Å². The Bertz CT molecular complexity index is 2510. The Morgan fingerprint density at radius 1 is 0.391 bits per heavy atom. The minimum absolute atomic E-state index is 0.885. The van der Waals surface area contributed by atoms with Gasteiger partial charge in [-0.05, 0) is 86.8 Å². The second kappa shape index (κ2) is 10.8. The molecule has 0 atom stereocenters. The molecule has 0 saturated carbocycles. The van der Waals surface area contributed by atoms with Crippen molar-refractivity contribution in [2.75, 3.05) is 4.90 Å². The van der Waals surface area contributed by atoms with Crippen LogP contribution in [0.5, 0.6) is 0 Å². The van der Waals surface area contributed by atoms with E-state index >= 15 is 0 Å². The lowest BCUT2D eigenvalue weighted by atomic mass is 9.98. The molecule has 2 heteroatoms. The van der Waals surface area contributed by atoms with Gasteiger partial charge in [-0.15, -0.1) is 0 Å². The zero-order valence-corrected chi connectivity index (χ0v) is 25.1. The van der Waals surface area contributed by atoms with E-state index in [2.05, 4.69) is 181 Å². The van der Waals surface area contributed by atoms with Gasteiger partial charge in [-0.3, -0.25) is 0 Å². The first kappa shape index (κ1) is 26.3. The highest BCUT2D eigenvalue weighted by Crippen LogP contribution is 2.47. The van der Waals surface area contributed by atoms with Crippen LogP contribution in [0.4, 0.5) is 17.1 Å². The summed E-state index contributed by atoms with van der Waals surface area (Å²) in [6, 6.07) is 62.7. The average Bonchev–Trinajstić information content (AvgIpc) is 3.50. The quantitative estimate of drug-likeness (QED) is 0.199. The lowest BCUT2D eigenvalue weighted by Crippen LogP contribution is -2.10. The van der Waals surface area contributed by atoms with Crippen molar-refractivity contribution in [2.45, 2.75) is 0 Å². The number of hydrogen-bond donors (Lipinski definition) is 0. The van der Waals surface area contributed by atoms with Gasteiger partial charge in [0, 0.05) is 22.3 Å². The van der Waals surface area contributed by atoms with E-state index in [0.717, 1.165) is 50.1 Å². The molecule has 0 unspecified atom stereocenters. The van der Waals surface area contributed by atoms with Gasteiger partial charge in [-0.1, -0.05) is 127 Å². The number of fused-ring (bicyclic) bond motifs is 5. The molecule has 0 saturated heterocycles. The van der Waals surface area contributed by atoms with Crippen LogP contribution in [-0.4, -0.2) is 0 Å². The molecule has 0 amide bonds. The normalized spacial score (nSPS) is 11.5. The van der Waals surface area contributed by atoms with Gasteiger partial charge in [-0.2, -0.15) is 0 Å². The maximum absolute atomic E-state index is 6.83. The molecular formula is C44H29NO. The third-order valence-electron chi connectivity index (χ3n) is 9.01. The van der Waals surface area contributed by atoms with Crippen molar-refractivity contribution in [3.8, 4) is 22.3 Å². The third-order valence-corrected chi connectivity index (χ3v) is 9.01. The van der Waals surface area contributed by atoms with Gasteiger partial charge < -0.3 is 9.32 Å². The van der Waals surface area contributed by atoms with Crippen LogP contribution in [0, 0.1) is 0 Å². The summed E-state index contributed by atoms with van der Waals surface area (Å²) in [6.07, 6.45) is 0. The zero-order chi connectivity index (χ0) is 30.5. The Morgan fingerprint density at radius 2 is 0.957 bits per heavy atom. The molecule has 46 heavy (non-hydrogen) atoms. The van der Waals surface area contributed by atoms with Crippen molar-refractivity contribution < 1.29 is 4.42 Å². The number of furan rings is 1. The summed E-state index contributed by atoms with van der Waals surface area (Å²) >= 11 is 0. The highest BCUT2D eigenvalue weighted by Gasteiger charge is 2.23. The first-order valence-corrected chi connectivity index (χ1v) is 15.7. The van der Waals surface area contributed by atoms with E-state index in [0.29, 0.717) is 0 Å². The van der Waals surface area contributed by atoms with Crippen molar-refractivity contribution in [2.24, 2.45) is 0 Å². The molecule has 0 bridgehead atoms. The topological polar surface area (TPSA) is 16.4 Å².